The van der Waals surface area contributed by atoms with Crippen LogP contribution >= 0.6 is 15.9 Å². The normalized spacial score (nSPS) is 35.7. The van der Waals surface area contributed by atoms with E-state index in [2.05, 4.69) is 15.9 Å². The number of carbonyl (C=O) groups excluding carboxylic acids is 1. The van der Waals surface area contributed by atoms with Crippen LogP contribution in [0.5, 0.6) is 0 Å². The van der Waals surface area contributed by atoms with Crippen molar-refractivity contribution in [1.82, 2.24) is 0 Å². The van der Waals surface area contributed by atoms with Crippen molar-refractivity contribution in [2.45, 2.75) is 76.9 Å². The molecular formula is C20H25BrO7. The van der Waals surface area contributed by atoms with Crippen molar-refractivity contribution < 1.29 is 33.2 Å². The predicted molar refractivity (Wildman–Crippen MR) is 102 cm³/mol. The van der Waals surface area contributed by atoms with Gasteiger partial charge in [0.2, 0.25) is 0 Å². The zero-order valence-electron chi connectivity index (χ0n) is 16.6. The fourth-order valence-corrected chi connectivity index (χ4v) is 4.23. The lowest BCUT2D eigenvalue weighted by Gasteiger charge is -2.28. The molecule has 0 aromatic heterocycles. The molecule has 3 fully saturated rings. The van der Waals surface area contributed by atoms with Gasteiger partial charge >= 0.3 is 5.97 Å². The number of fused-ring (bicyclic) bond motifs is 1. The van der Waals surface area contributed by atoms with Gasteiger partial charge in [0, 0.05) is 4.47 Å². The average molecular weight is 457 g/mol. The molecule has 4 rings (SSSR count). The summed E-state index contributed by atoms with van der Waals surface area (Å²) in [5.41, 5.74) is 1.40. The van der Waals surface area contributed by atoms with Crippen molar-refractivity contribution in [3.8, 4) is 0 Å². The van der Waals surface area contributed by atoms with E-state index in [-0.39, 0.29) is 0 Å². The van der Waals surface area contributed by atoms with E-state index in [1.54, 1.807) is 19.9 Å². The number of hydrogen-bond donors (Lipinski definition) is 0. The predicted octanol–water partition coefficient (Wildman–Crippen LogP) is 3.31. The summed E-state index contributed by atoms with van der Waals surface area (Å²) < 4.78 is 36.1. The second-order valence-corrected chi connectivity index (χ2v) is 9.04. The maximum absolute atomic E-state index is 12.9. The van der Waals surface area contributed by atoms with Crippen molar-refractivity contribution >= 4 is 21.9 Å². The van der Waals surface area contributed by atoms with Gasteiger partial charge in [-0.15, -0.1) is 0 Å². The van der Waals surface area contributed by atoms with E-state index in [9.17, 15) is 4.79 Å². The van der Waals surface area contributed by atoms with Crippen LogP contribution in [0.15, 0.2) is 22.7 Å². The van der Waals surface area contributed by atoms with Crippen LogP contribution in [0, 0.1) is 6.92 Å². The van der Waals surface area contributed by atoms with Crippen LogP contribution < -0.4 is 0 Å². The van der Waals surface area contributed by atoms with Crippen molar-refractivity contribution in [2.75, 3.05) is 6.61 Å². The van der Waals surface area contributed by atoms with Gasteiger partial charge in [0.05, 0.1) is 12.2 Å². The van der Waals surface area contributed by atoms with E-state index in [1.807, 2.05) is 32.9 Å². The molecule has 28 heavy (non-hydrogen) atoms. The number of hydrogen-bond acceptors (Lipinski definition) is 7. The zero-order valence-corrected chi connectivity index (χ0v) is 18.1. The summed E-state index contributed by atoms with van der Waals surface area (Å²) in [7, 11) is 0. The van der Waals surface area contributed by atoms with Gasteiger partial charge in [0.15, 0.2) is 30.1 Å². The molecule has 3 saturated heterocycles. The Hall–Kier alpha value is -1.03. The minimum atomic E-state index is -0.818. The molecular weight excluding hydrogens is 432 g/mol. The average Bonchev–Trinajstić information content (AvgIpc) is 3.20. The third-order valence-corrected chi connectivity index (χ3v) is 6.13. The van der Waals surface area contributed by atoms with Crippen molar-refractivity contribution in [3.63, 3.8) is 0 Å². The van der Waals surface area contributed by atoms with E-state index in [0.29, 0.717) is 16.6 Å². The van der Waals surface area contributed by atoms with Crippen molar-refractivity contribution in [2.24, 2.45) is 0 Å². The lowest BCUT2D eigenvalue weighted by molar-refractivity contribution is -0.232. The smallest absolute Gasteiger partial charge is 0.339 e. The Bertz CT molecular complexity index is 778. The van der Waals surface area contributed by atoms with E-state index in [4.69, 9.17) is 28.4 Å². The fraction of sp³-hybridized carbons (Fsp3) is 0.650. The first-order valence-electron chi connectivity index (χ1n) is 9.35. The third-order valence-electron chi connectivity index (χ3n) is 5.08. The highest BCUT2D eigenvalue weighted by molar-refractivity contribution is 9.10. The van der Waals surface area contributed by atoms with Gasteiger partial charge in [-0.25, -0.2) is 4.79 Å². The van der Waals surface area contributed by atoms with Crippen molar-refractivity contribution in [1.29, 1.82) is 0 Å². The second-order valence-electron chi connectivity index (χ2n) is 8.24. The number of rotatable bonds is 3. The van der Waals surface area contributed by atoms with Gasteiger partial charge in [-0.3, -0.25) is 0 Å². The molecule has 0 N–H and O–H groups in total. The monoisotopic (exact) mass is 456 g/mol. The first-order chi connectivity index (χ1) is 13.1. The highest BCUT2D eigenvalue weighted by Crippen LogP contribution is 2.42. The molecule has 3 aliphatic heterocycles. The molecule has 0 amide bonds. The summed E-state index contributed by atoms with van der Waals surface area (Å²) >= 11 is 3.47. The minimum Gasteiger partial charge on any atom is -0.453 e. The second kappa shape index (κ2) is 7.04. The van der Waals surface area contributed by atoms with Crippen LogP contribution in [0.4, 0.5) is 0 Å². The molecule has 1 aromatic rings. The van der Waals surface area contributed by atoms with E-state index < -0.39 is 48.2 Å². The number of benzene rings is 1. The van der Waals surface area contributed by atoms with Crippen LogP contribution in [-0.4, -0.2) is 54.9 Å². The number of esters is 1. The van der Waals surface area contributed by atoms with E-state index >= 15 is 0 Å². The number of halogens is 1. The molecule has 0 spiro atoms. The molecule has 3 heterocycles. The highest BCUT2D eigenvalue weighted by Gasteiger charge is 2.60. The van der Waals surface area contributed by atoms with Gasteiger partial charge in [-0.05, 0) is 62.2 Å². The lowest BCUT2D eigenvalue weighted by atomic mass is 10.1. The fourth-order valence-electron chi connectivity index (χ4n) is 3.81. The summed E-state index contributed by atoms with van der Waals surface area (Å²) in [6, 6.07) is 5.45. The van der Waals surface area contributed by atoms with Gasteiger partial charge in [0.1, 0.15) is 12.2 Å². The molecule has 7 nitrogen and oxygen atoms in total. The van der Waals surface area contributed by atoms with Crippen LogP contribution in [-0.2, 0) is 28.4 Å². The first-order valence-corrected chi connectivity index (χ1v) is 10.1. The summed E-state index contributed by atoms with van der Waals surface area (Å²) in [6.45, 7) is 9.53. The third kappa shape index (κ3) is 3.74. The summed E-state index contributed by atoms with van der Waals surface area (Å²) in [6.07, 6.45) is -2.81. The Morgan fingerprint density at radius 2 is 1.86 bits per heavy atom. The molecule has 0 bridgehead atoms. The van der Waals surface area contributed by atoms with Crippen molar-refractivity contribution in [3.05, 3.63) is 33.8 Å². The Morgan fingerprint density at radius 3 is 2.54 bits per heavy atom. The van der Waals surface area contributed by atoms with Crippen LogP contribution in [0.2, 0.25) is 0 Å². The maximum atomic E-state index is 12.9. The Kier molecular flexibility index (Phi) is 5.09. The van der Waals surface area contributed by atoms with Crippen LogP contribution in [0.3, 0.4) is 0 Å². The number of aryl methyl sites for hydroxylation is 1. The minimum absolute atomic E-state index is 0.336. The molecule has 0 unspecified atom stereocenters. The largest absolute Gasteiger partial charge is 0.453 e. The van der Waals surface area contributed by atoms with Gasteiger partial charge in [0.25, 0.3) is 0 Å². The standard InChI is InChI=1S/C20H25BrO7/c1-10-7-6-8-11(13(10)21)17(22)24-15-14(12-9-23-19(2,3)26-12)25-18-16(15)27-20(4,5)28-18/h6-8,12,14-16,18H,9H2,1-5H3/t12-,14-,15+,16-,18-/m1/s1. The molecule has 1 aromatic carbocycles. The molecule has 3 aliphatic rings. The lowest BCUT2D eigenvalue weighted by Crippen LogP contribution is -2.45. The Morgan fingerprint density at radius 1 is 1.11 bits per heavy atom. The molecule has 5 atom stereocenters. The Labute approximate surface area is 172 Å². The van der Waals surface area contributed by atoms with Gasteiger partial charge < -0.3 is 28.4 Å². The SMILES string of the molecule is Cc1cccc(C(=O)O[C@@H]2[C@H]3OC(C)(C)O[C@H]3O[C@@H]2[C@H]2COC(C)(C)O2)c1Br. The molecule has 0 aliphatic carbocycles. The summed E-state index contributed by atoms with van der Waals surface area (Å²) in [5.74, 6) is -2.00. The van der Waals surface area contributed by atoms with E-state index in [1.165, 1.54) is 0 Å². The van der Waals surface area contributed by atoms with Crippen LogP contribution in [0.1, 0.15) is 43.6 Å². The molecule has 154 valence electrons. The van der Waals surface area contributed by atoms with E-state index in [0.717, 1.165) is 5.56 Å². The topological polar surface area (TPSA) is 72.5 Å². The van der Waals surface area contributed by atoms with Crippen LogP contribution in [0.25, 0.3) is 0 Å². The molecule has 0 saturated carbocycles. The quantitative estimate of drug-likeness (QED) is 0.645. The highest BCUT2D eigenvalue weighted by atomic mass is 79.9. The molecule has 8 heteroatoms. The number of ether oxygens (including phenoxy) is 6. The molecule has 0 radical (unpaired) electrons. The Balaban J connectivity index is 1.58. The maximum Gasteiger partial charge on any atom is 0.339 e. The summed E-state index contributed by atoms with van der Waals surface area (Å²) in [4.78, 5) is 12.9. The van der Waals surface area contributed by atoms with Gasteiger partial charge in [-0.2, -0.15) is 0 Å². The summed E-state index contributed by atoms with van der Waals surface area (Å²) in [5, 5.41) is 0. The number of carbonyl (C=O) groups is 1. The first kappa shape index (κ1) is 20.3. The van der Waals surface area contributed by atoms with Gasteiger partial charge in [-0.1, -0.05) is 12.1 Å². The zero-order chi connectivity index (χ0) is 20.3.